The number of hydrogen-bond donors (Lipinski definition) is 1. The van der Waals surface area contributed by atoms with Crippen molar-refractivity contribution < 1.29 is 9.90 Å². The Balaban J connectivity index is 1.85. The van der Waals surface area contributed by atoms with E-state index < -0.39 is 0 Å². The number of piperazine rings is 1. The molecule has 3 rings (SSSR count). The molecule has 1 N–H and O–H groups in total. The van der Waals surface area contributed by atoms with Gasteiger partial charge in [0.15, 0.2) is 0 Å². The summed E-state index contributed by atoms with van der Waals surface area (Å²) >= 11 is 0. The topological polar surface area (TPSA) is 66.5 Å². The van der Waals surface area contributed by atoms with E-state index in [4.69, 9.17) is 5.11 Å². The number of aliphatic hydroxyl groups excluding tert-OH is 1. The monoisotopic (exact) mass is 331 g/mol. The molecule has 24 heavy (non-hydrogen) atoms. The second kappa shape index (κ2) is 6.78. The van der Waals surface area contributed by atoms with Crippen LogP contribution in [0.5, 0.6) is 0 Å². The molecule has 0 aromatic carbocycles. The van der Waals surface area contributed by atoms with Gasteiger partial charge < -0.3 is 14.6 Å². The van der Waals surface area contributed by atoms with Gasteiger partial charge in [-0.25, -0.2) is 0 Å². The summed E-state index contributed by atoms with van der Waals surface area (Å²) in [6.45, 7) is 7.83. The van der Waals surface area contributed by atoms with Crippen molar-refractivity contribution in [1.29, 1.82) is 0 Å². The van der Waals surface area contributed by atoms with Crippen molar-refractivity contribution in [2.24, 2.45) is 7.05 Å². The minimum Gasteiger partial charge on any atom is -0.395 e. The predicted octanol–water partition coefficient (Wildman–Crippen LogP) is 0.578. The molecule has 0 atom stereocenters. The standard InChI is InChI=1S/C17H25N5O2/c1-13-4-5-14(2)22(13)16-15(12-18-19(16)3)17(24)21-8-6-20(7-9-21)10-11-23/h4-5,12,23H,6-11H2,1-3H3. The number of β-amino-alcohol motifs (C(OH)–C–C–N with tert-alkyl or cyclic N) is 1. The molecule has 3 heterocycles. The smallest absolute Gasteiger partial charge is 0.259 e. The lowest BCUT2D eigenvalue weighted by Gasteiger charge is -2.34. The van der Waals surface area contributed by atoms with Crippen LogP contribution in [0.4, 0.5) is 0 Å². The van der Waals surface area contributed by atoms with Crippen molar-refractivity contribution in [3.05, 3.63) is 35.3 Å². The van der Waals surface area contributed by atoms with Gasteiger partial charge in [0.25, 0.3) is 5.91 Å². The van der Waals surface area contributed by atoms with Crippen LogP contribution in [0, 0.1) is 13.8 Å². The second-order valence-electron chi connectivity index (χ2n) is 6.31. The Kier molecular flexibility index (Phi) is 4.73. The second-order valence-corrected chi connectivity index (χ2v) is 6.31. The van der Waals surface area contributed by atoms with Crippen molar-refractivity contribution in [3.8, 4) is 5.82 Å². The third kappa shape index (κ3) is 2.97. The molecular weight excluding hydrogens is 306 g/mol. The van der Waals surface area contributed by atoms with Crippen LogP contribution in [0.2, 0.25) is 0 Å². The van der Waals surface area contributed by atoms with E-state index >= 15 is 0 Å². The van der Waals surface area contributed by atoms with Crippen LogP contribution in [-0.2, 0) is 7.05 Å². The van der Waals surface area contributed by atoms with Gasteiger partial charge in [0, 0.05) is 51.2 Å². The fourth-order valence-corrected chi connectivity index (χ4v) is 3.34. The highest BCUT2D eigenvalue weighted by molar-refractivity contribution is 5.97. The number of amides is 1. The zero-order chi connectivity index (χ0) is 17.3. The molecule has 0 bridgehead atoms. The first kappa shape index (κ1) is 16.7. The van der Waals surface area contributed by atoms with Gasteiger partial charge in [0.2, 0.25) is 0 Å². The number of aliphatic hydroxyl groups is 1. The molecule has 2 aromatic rings. The van der Waals surface area contributed by atoms with Gasteiger partial charge in [-0.3, -0.25) is 14.4 Å². The quantitative estimate of drug-likeness (QED) is 0.890. The maximum Gasteiger partial charge on any atom is 0.259 e. The SMILES string of the molecule is Cc1ccc(C)n1-c1c(C(=O)N2CCN(CCO)CC2)cnn1C. The van der Waals surface area contributed by atoms with Crippen molar-refractivity contribution in [1.82, 2.24) is 24.1 Å². The first-order valence-electron chi connectivity index (χ1n) is 8.32. The highest BCUT2D eigenvalue weighted by atomic mass is 16.3. The van der Waals surface area contributed by atoms with Crippen LogP contribution < -0.4 is 0 Å². The van der Waals surface area contributed by atoms with Crippen molar-refractivity contribution in [2.45, 2.75) is 13.8 Å². The Morgan fingerprint density at radius 1 is 1.17 bits per heavy atom. The van der Waals surface area contributed by atoms with E-state index in [0.29, 0.717) is 25.2 Å². The van der Waals surface area contributed by atoms with Crippen molar-refractivity contribution in [3.63, 3.8) is 0 Å². The van der Waals surface area contributed by atoms with E-state index in [9.17, 15) is 4.79 Å². The maximum absolute atomic E-state index is 13.0. The Morgan fingerprint density at radius 2 is 1.79 bits per heavy atom. The summed E-state index contributed by atoms with van der Waals surface area (Å²) < 4.78 is 3.83. The molecule has 1 aliphatic rings. The normalized spacial score (nSPS) is 15.9. The summed E-state index contributed by atoms with van der Waals surface area (Å²) in [4.78, 5) is 17.1. The first-order valence-corrected chi connectivity index (χ1v) is 8.32. The third-order valence-electron chi connectivity index (χ3n) is 4.70. The predicted molar refractivity (Wildman–Crippen MR) is 91.4 cm³/mol. The Morgan fingerprint density at radius 3 is 2.38 bits per heavy atom. The fraction of sp³-hybridized carbons (Fsp3) is 0.529. The van der Waals surface area contributed by atoms with Crippen LogP contribution >= 0.6 is 0 Å². The Hall–Kier alpha value is -2.12. The zero-order valence-corrected chi connectivity index (χ0v) is 14.6. The fourth-order valence-electron chi connectivity index (χ4n) is 3.34. The van der Waals surface area contributed by atoms with Crippen molar-refractivity contribution >= 4 is 5.91 Å². The molecule has 0 radical (unpaired) electrons. The van der Waals surface area contributed by atoms with E-state index in [-0.39, 0.29) is 12.5 Å². The number of hydrogen-bond acceptors (Lipinski definition) is 4. The van der Waals surface area contributed by atoms with Crippen molar-refractivity contribution in [2.75, 3.05) is 39.3 Å². The van der Waals surface area contributed by atoms with E-state index in [1.807, 2.05) is 37.9 Å². The third-order valence-corrected chi connectivity index (χ3v) is 4.70. The summed E-state index contributed by atoms with van der Waals surface area (Å²) in [6.07, 6.45) is 1.66. The van der Waals surface area contributed by atoms with E-state index in [1.54, 1.807) is 10.9 Å². The molecule has 0 aliphatic carbocycles. The molecule has 2 aromatic heterocycles. The summed E-state index contributed by atoms with van der Waals surface area (Å²) in [5.41, 5.74) is 2.80. The molecule has 130 valence electrons. The lowest BCUT2D eigenvalue weighted by molar-refractivity contribution is 0.0615. The number of carbonyl (C=O) groups excluding carboxylic acids is 1. The number of nitrogens with zero attached hydrogens (tertiary/aromatic N) is 5. The van der Waals surface area contributed by atoms with Gasteiger partial charge in [-0.15, -0.1) is 0 Å². The molecule has 7 heteroatoms. The van der Waals surface area contributed by atoms with Gasteiger partial charge in [-0.05, 0) is 26.0 Å². The number of aryl methyl sites for hydroxylation is 3. The highest BCUT2D eigenvalue weighted by Gasteiger charge is 2.26. The van der Waals surface area contributed by atoms with Gasteiger partial charge in [-0.2, -0.15) is 5.10 Å². The molecular formula is C17H25N5O2. The summed E-state index contributed by atoms with van der Waals surface area (Å²) in [6, 6.07) is 4.09. The molecule has 0 saturated carbocycles. The maximum atomic E-state index is 13.0. The van der Waals surface area contributed by atoms with Crippen LogP contribution in [0.15, 0.2) is 18.3 Å². The number of aromatic nitrogens is 3. The average molecular weight is 331 g/mol. The number of carbonyl (C=O) groups is 1. The lowest BCUT2D eigenvalue weighted by Crippen LogP contribution is -2.49. The Labute approximate surface area is 142 Å². The highest BCUT2D eigenvalue weighted by Crippen LogP contribution is 2.21. The molecule has 7 nitrogen and oxygen atoms in total. The van der Waals surface area contributed by atoms with Crippen LogP contribution in [0.25, 0.3) is 5.82 Å². The molecule has 1 fully saturated rings. The summed E-state index contributed by atoms with van der Waals surface area (Å²) in [5.74, 6) is 0.840. The largest absolute Gasteiger partial charge is 0.395 e. The van der Waals surface area contributed by atoms with Crippen LogP contribution in [0.1, 0.15) is 21.7 Å². The van der Waals surface area contributed by atoms with E-state index in [1.165, 1.54) is 0 Å². The molecule has 1 aliphatic heterocycles. The molecule has 0 unspecified atom stereocenters. The Bertz CT molecular complexity index is 706. The van der Waals surface area contributed by atoms with Gasteiger partial charge >= 0.3 is 0 Å². The van der Waals surface area contributed by atoms with Gasteiger partial charge in [0.1, 0.15) is 11.4 Å². The molecule has 1 saturated heterocycles. The van der Waals surface area contributed by atoms with Gasteiger partial charge in [-0.1, -0.05) is 0 Å². The molecule has 1 amide bonds. The van der Waals surface area contributed by atoms with Gasteiger partial charge in [0.05, 0.1) is 12.8 Å². The number of rotatable bonds is 4. The first-order chi connectivity index (χ1) is 11.5. The minimum absolute atomic E-state index is 0.0225. The van der Waals surface area contributed by atoms with E-state index in [2.05, 4.69) is 14.6 Å². The summed E-state index contributed by atoms with van der Waals surface area (Å²) in [5, 5.41) is 13.4. The lowest BCUT2D eigenvalue weighted by atomic mass is 10.2. The zero-order valence-electron chi connectivity index (χ0n) is 14.6. The van der Waals surface area contributed by atoms with Crippen LogP contribution in [0.3, 0.4) is 0 Å². The average Bonchev–Trinajstić information content (AvgIpc) is 3.10. The van der Waals surface area contributed by atoms with E-state index in [0.717, 1.165) is 30.3 Å². The minimum atomic E-state index is 0.0225. The molecule has 0 spiro atoms. The van der Waals surface area contributed by atoms with Crippen LogP contribution in [-0.4, -0.2) is 74.5 Å². The summed E-state index contributed by atoms with van der Waals surface area (Å²) in [7, 11) is 1.87.